The molecule has 0 aliphatic heterocycles. The quantitative estimate of drug-likeness (QED) is 0.721. The number of hydrogen-bond acceptors (Lipinski definition) is 5. The summed E-state index contributed by atoms with van der Waals surface area (Å²) in [4.78, 5) is 0. The molecule has 0 unspecified atom stereocenters. The van der Waals surface area contributed by atoms with Crippen molar-refractivity contribution in [2.45, 2.75) is 25.5 Å². The Bertz CT molecular complexity index is 389. The van der Waals surface area contributed by atoms with Crippen molar-refractivity contribution in [1.82, 2.24) is 0 Å². The van der Waals surface area contributed by atoms with Crippen LogP contribution in [0.1, 0.15) is 20.8 Å². The van der Waals surface area contributed by atoms with E-state index in [1.165, 1.54) is 0 Å². The monoisotopic (exact) mass is 257 g/mol. The van der Waals surface area contributed by atoms with E-state index < -0.39 is 24.4 Å². The SMILES string of the molecule is CC(C)(C)S(=O)(=O)CCS(=O)(=O)CCN. The fraction of sp³-hybridized carbons (Fsp3) is 1.00. The van der Waals surface area contributed by atoms with E-state index in [-0.39, 0.29) is 23.8 Å². The van der Waals surface area contributed by atoms with Crippen LogP contribution in [0, 0.1) is 0 Å². The lowest BCUT2D eigenvalue weighted by molar-refractivity contribution is 0.559. The Balaban J connectivity index is 4.56. The summed E-state index contributed by atoms with van der Waals surface area (Å²) >= 11 is 0. The van der Waals surface area contributed by atoms with Crippen molar-refractivity contribution in [3.05, 3.63) is 0 Å². The van der Waals surface area contributed by atoms with Gasteiger partial charge in [0.2, 0.25) is 0 Å². The van der Waals surface area contributed by atoms with Crippen LogP contribution < -0.4 is 5.73 Å². The van der Waals surface area contributed by atoms with Crippen LogP contribution in [0.15, 0.2) is 0 Å². The normalized spacial score (nSPS) is 14.1. The molecular formula is C8H19NO4S2. The first-order chi connectivity index (χ1) is 6.52. The lowest BCUT2D eigenvalue weighted by Gasteiger charge is -2.18. The topological polar surface area (TPSA) is 94.3 Å². The van der Waals surface area contributed by atoms with Gasteiger partial charge in [-0.1, -0.05) is 0 Å². The van der Waals surface area contributed by atoms with Crippen LogP contribution >= 0.6 is 0 Å². The maximum Gasteiger partial charge on any atom is 0.156 e. The van der Waals surface area contributed by atoms with Crippen molar-refractivity contribution >= 4 is 19.7 Å². The first-order valence-electron chi connectivity index (χ1n) is 4.65. The summed E-state index contributed by atoms with van der Waals surface area (Å²) in [5.41, 5.74) is 5.11. The first kappa shape index (κ1) is 14.9. The predicted octanol–water partition coefficient (Wildman–Crippen LogP) is -0.427. The summed E-state index contributed by atoms with van der Waals surface area (Å²) in [6, 6.07) is 0. The van der Waals surface area contributed by atoms with Crippen LogP contribution in [-0.4, -0.2) is 45.4 Å². The molecule has 0 aromatic rings. The Morgan fingerprint density at radius 1 is 0.933 bits per heavy atom. The molecule has 0 aromatic carbocycles. The second-order valence-corrected chi connectivity index (χ2v) is 9.54. The lowest BCUT2D eigenvalue weighted by atomic mass is 10.3. The van der Waals surface area contributed by atoms with Crippen molar-refractivity contribution in [3.8, 4) is 0 Å². The summed E-state index contributed by atoms with van der Waals surface area (Å²) in [6.07, 6.45) is 0. The van der Waals surface area contributed by atoms with Gasteiger partial charge in [0.25, 0.3) is 0 Å². The Labute approximate surface area is 91.9 Å². The molecule has 5 nitrogen and oxygen atoms in total. The van der Waals surface area contributed by atoms with Crippen molar-refractivity contribution in [1.29, 1.82) is 0 Å². The summed E-state index contributed by atoms with van der Waals surface area (Å²) in [6.45, 7) is 4.69. The van der Waals surface area contributed by atoms with Crippen LogP contribution in [0.3, 0.4) is 0 Å². The van der Waals surface area contributed by atoms with Crippen molar-refractivity contribution in [2.24, 2.45) is 5.73 Å². The molecule has 0 rings (SSSR count). The van der Waals surface area contributed by atoms with E-state index in [4.69, 9.17) is 5.73 Å². The largest absolute Gasteiger partial charge is 0.329 e. The minimum absolute atomic E-state index is 0.0257. The van der Waals surface area contributed by atoms with E-state index in [1.54, 1.807) is 20.8 Å². The van der Waals surface area contributed by atoms with Crippen LogP contribution in [0.25, 0.3) is 0 Å². The molecule has 2 N–H and O–H groups in total. The van der Waals surface area contributed by atoms with Crippen LogP contribution in [0.5, 0.6) is 0 Å². The molecule has 0 amide bonds. The van der Waals surface area contributed by atoms with Crippen LogP contribution in [0.2, 0.25) is 0 Å². The summed E-state index contributed by atoms with van der Waals surface area (Å²) in [5, 5.41) is 0. The van der Waals surface area contributed by atoms with Crippen LogP contribution in [-0.2, 0) is 19.7 Å². The van der Waals surface area contributed by atoms with E-state index in [1.807, 2.05) is 0 Å². The highest BCUT2D eigenvalue weighted by Gasteiger charge is 2.30. The molecule has 0 bridgehead atoms. The molecular weight excluding hydrogens is 238 g/mol. The van der Waals surface area contributed by atoms with Gasteiger partial charge in [-0.05, 0) is 20.8 Å². The minimum atomic E-state index is -3.37. The molecule has 0 aliphatic rings. The average molecular weight is 257 g/mol. The van der Waals surface area contributed by atoms with E-state index in [0.717, 1.165) is 0 Å². The molecule has 0 fully saturated rings. The first-order valence-corrected chi connectivity index (χ1v) is 8.12. The number of sulfone groups is 2. The van der Waals surface area contributed by atoms with Gasteiger partial charge in [0.05, 0.1) is 22.0 Å². The highest BCUT2D eigenvalue weighted by atomic mass is 32.2. The molecule has 92 valence electrons. The van der Waals surface area contributed by atoms with Crippen LogP contribution in [0.4, 0.5) is 0 Å². The second kappa shape index (κ2) is 4.80. The summed E-state index contributed by atoms with van der Waals surface area (Å²) in [5.74, 6) is -0.838. The van der Waals surface area contributed by atoms with E-state index >= 15 is 0 Å². The zero-order chi connectivity index (χ0) is 12.3. The fourth-order valence-corrected chi connectivity index (χ4v) is 3.89. The lowest BCUT2D eigenvalue weighted by Crippen LogP contribution is -2.34. The Morgan fingerprint density at radius 3 is 1.73 bits per heavy atom. The van der Waals surface area contributed by atoms with Gasteiger partial charge in [0.1, 0.15) is 0 Å². The summed E-state index contributed by atoms with van der Waals surface area (Å²) in [7, 11) is -6.70. The van der Waals surface area contributed by atoms with Gasteiger partial charge in [-0.15, -0.1) is 0 Å². The molecule has 15 heavy (non-hydrogen) atoms. The van der Waals surface area contributed by atoms with Crippen molar-refractivity contribution < 1.29 is 16.8 Å². The van der Waals surface area contributed by atoms with Gasteiger partial charge >= 0.3 is 0 Å². The molecule has 0 spiro atoms. The predicted molar refractivity (Wildman–Crippen MR) is 61.2 cm³/mol. The average Bonchev–Trinajstić information content (AvgIpc) is 1.99. The zero-order valence-corrected chi connectivity index (χ0v) is 11.0. The van der Waals surface area contributed by atoms with E-state index in [2.05, 4.69) is 0 Å². The van der Waals surface area contributed by atoms with Gasteiger partial charge in [-0.3, -0.25) is 0 Å². The van der Waals surface area contributed by atoms with Gasteiger partial charge < -0.3 is 5.73 Å². The third kappa shape index (κ3) is 4.94. The maximum atomic E-state index is 11.6. The Kier molecular flexibility index (Phi) is 4.75. The summed E-state index contributed by atoms with van der Waals surface area (Å²) < 4.78 is 44.8. The van der Waals surface area contributed by atoms with Gasteiger partial charge in [0.15, 0.2) is 19.7 Å². The number of nitrogens with two attached hydrogens (primary N) is 1. The van der Waals surface area contributed by atoms with E-state index in [9.17, 15) is 16.8 Å². The molecule has 0 saturated carbocycles. The third-order valence-corrected chi connectivity index (χ3v) is 6.57. The number of rotatable bonds is 5. The smallest absolute Gasteiger partial charge is 0.156 e. The van der Waals surface area contributed by atoms with Gasteiger partial charge in [-0.2, -0.15) is 0 Å². The molecule has 0 atom stereocenters. The van der Waals surface area contributed by atoms with Gasteiger partial charge in [0, 0.05) is 6.54 Å². The van der Waals surface area contributed by atoms with Crippen molar-refractivity contribution in [3.63, 3.8) is 0 Å². The third-order valence-electron chi connectivity index (χ3n) is 2.02. The molecule has 0 saturated heterocycles. The molecule has 0 aliphatic carbocycles. The molecule has 7 heteroatoms. The second-order valence-electron chi connectivity index (χ2n) is 4.37. The zero-order valence-electron chi connectivity index (χ0n) is 9.36. The Hall–Kier alpha value is -0.140. The standard InChI is InChI=1S/C8H19NO4S2/c1-8(2,3)15(12,13)7-6-14(10,11)5-4-9/h4-7,9H2,1-3H3. The fourth-order valence-electron chi connectivity index (χ4n) is 0.824. The molecule has 0 heterocycles. The highest BCUT2D eigenvalue weighted by molar-refractivity contribution is 7.95. The minimum Gasteiger partial charge on any atom is -0.329 e. The maximum absolute atomic E-state index is 11.6. The molecule has 0 radical (unpaired) electrons. The number of hydrogen-bond donors (Lipinski definition) is 1. The van der Waals surface area contributed by atoms with E-state index in [0.29, 0.717) is 0 Å². The van der Waals surface area contributed by atoms with Gasteiger partial charge in [-0.25, -0.2) is 16.8 Å². The Morgan fingerprint density at radius 2 is 1.40 bits per heavy atom. The van der Waals surface area contributed by atoms with Crippen molar-refractivity contribution in [2.75, 3.05) is 23.8 Å². The molecule has 0 aromatic heterocycles. The highest BCUT2D eigenvalue weighted by Crippen LogP contribution is 2.16.